The van der Waals surface area contributed by atoms with Crippen LogP contribution >= 0.6 is 0 Å². The van der Waals surface area contributed by atoms with Crippen LogP contribution in [0, 0.1) is 0 Å². The highest BCUT2D eigenvalue weighted by atomic mass is 16.5. The molecule has 1 amide bonds. The van der Waals surface area contributed by atoms with E-state index in [1.807, 2.05) is 59.1 Å². The molecule has 3 aromatic rings. The van der Waals surface area contributed by atoms with Crippen molar-refractivity contribution in [3.05, 3.63) is 60.1 Å². The minimum absolute atomic E-state index is 0.00977. The standard InChI is InChI=1S/C18H18N2O3/c1-19-8-4-6-15(19)16-12-22-10-9-20(16)18(21)14-11-23-17-7-3-2-5-13(14)17/h2-8,11,16H,9-10,12H2,1H3/t16-/m1/s1. The minimum atomic E-state index is -0.0788. The molecule has 5 heteroatoms. The maximum absolute atomic E-state index is 13.1. The number of ether oxygens (including phenoxy) is 1. The van der Waals surface area contributed by atoms with Crippen molar-refractivity contribution in [3.8, 4) is 0 Å². The van der Waals surface area contributed by atoms with Crippen LogP contribution in [0.3, 0.4) is 0 Å². The summed E-state index contributed by atoms with van der Waals surface area (Å²) >= 11 is 0. The summed E-state index contributed by atoms with van der Waals surface area (Å²) in [6, 6.07) is 11.6. The third-order valence-electron chi connectivity index (χ3n) is 4.43. The summed E-state index contributed by atoms with van der Waals surface area (Å²) in [6.45, 7) is 1.65. The number of furan rings is 1. The monoisotopic (exact) mass is 310 g/mol. The molecule has 1 saturated heterocycles. The van der Waals surface area contributed by atoms with Crippen molar-refractivity contribution in [2.24, 2.45) is 7.05 Å². The van der Waals surface area contributed by atoms with Gasteiger partial charge in [-0.25, -0.2) is 0 Å². The molecule has 0 radical (unpaired) electrons. The summed E-state index contributed by atoms with van der Waals surface area (Å²) in [6.07, 6.45) is 3.55. The molecule has 1 fully saturated rings. The molecule has 0 spiro atoms. The van der Waals surface area contributed by atoms with E-state index in [9.17, 15) is 4.79 Å². The zero-order valence-electron chi connectivity index (χ0n) is 12.9. The van der Waals surface area contributed by atoms with Gasteiger partial charge in [0.15, 0.2) is 0 Å². The summed E-state index contributed by atoms with van der Waals surface area (Å²) in [5.74, 6) is -0.00977. The Morgan fingerprint density at radius 1 is 1.22 bits per heavy atom. The number of aryl methyl sites for hydroxylation is 1. The van der Waals surface area contributed by atoms with Crippen molar-refractivity contribution < 1.29 is 13.9 Å². The predicted octanol–water partition coefficient (Wildman–Crippen LogP) is 2.99. The molecule has 1 atom stereocenters. The van der Waals surface area contributed by atoms with Gasteiger partial charge in [-0.05, 0) is 18.2 Å². The molecule has 2 aromatic heterocycles. The number of nitrogens with zero attached hydrogens (tertiary/aromatic N) is 2. The van der Waals surface area contributed by atoms with Gasteiger partial charge in [0.25, 0.3) is 5.91 Å². The molecular weight excluding hydrogens is 292 g/mol. The van der Waals surface area contributed by atoms with E-state index in [-0.39, 0.29) is 11.9 Å². The number of para-hydroxylation sites is 1. The van der Waals surface area contributed by atoms with Crippen LogP contribution in [0.1, 0.15) is 22.1 Å². The van der Waals surface area contributed by atoms with E-state index in [0.717, 1.165) is 16.7 Å². The SMILES string of the molecule is Cn1cccc1[C@H]1COCCN1C(=O)c1coc2ccccc12. The fourth-order valence-electron chi connectivity index (χ4n) is 3.21. The van der Waals surface area contributed by atoms with Crippen LogP contribution in [0.2, 0.25) is 0 Å². The van der Waals surface area contributed by atoms with Crippen LogP contribution < -0.4 is 0 Å². The zero-order valence-corrected chi connectivity index (χ0v) is 12.9. The molecular formula is C18H18N2O3. The van der Waals surface area contributed by atoms with E-state index in [4.69, 9.17) is 9.15 Å². The molecule has 0 N–H and O–H groups in total. The maximum atomic E-state index is 13.1. The Labute approximate surface area is 134 Å². The van der Waals surface area contributed by atoms with Crippen LogP contribution in [0.4, 0.5) is 0 Å². The van der Waals surface area contributed by atoms with Crippen LogP contribution in [-0.2, 0) is 11.8 Å². The Morgan fingerprint density at radius 2 is 2.09 bits per heavy atom. The molecule has 4 rings (SSSR count). The van der Waals surface area contributed by atoms with Crippen LogP contribution in [0.25, 0.3) is 11.0 Å². The summed E-state index contributed by atoms with van der Waals surface area (Å²) in [4.78, 5) is 15.0. The van der Waals surface area contributed by atoms with Crippen LogP contribution in [0.15, 0.2) is 53.3 Å². The number of carbonyl (C=O) groups excluding carboxylic acids is 1. The highest BCUT2D eigenvalue weighted by Crippen LogP contribution is 2.29. The van der Waals surface area contributed by atoms with Crippen LogP contribution in [0.5, 0.6) is 0 Å². The van der Waals surface area contributed by atoms with Crippen molar-refractivity contribution in [3.63, 3.8) is 0 Å². The third kappa shape index (κ3) is 2.33. The van der Waals surface area contributed by atoms with Gasteiger partial charge in [0.1, 0.15) is 11.8 Å². The molecule has 3 heterocycles. The third-order valence-corrected chi connectivity index (χ3v) is 4.43. The lowest BCUT2D eigenvalue weighted by Gasteiger charge is -2.35. The van der Waals surface area contributed by atoms with Gasteiger partial charge in [0, 0.05) is 30.9 Å². The first kappa shape index (κ1) is 14.1. The van der Waals surface area contributed by atoms with Gasteiger partial charge < -0.3 is 18.6 Å². The van der Waals surface area contributed by atoms with Crippen molar-refractivity contribution in [2.75, 3.05) is 19.8 Å². The fourth-order valence-corrected chi connectivity index (χ4v) is 3.21. The topological polar surface area (TPSA) is 47.6 Å². The van der Waals surface area contributed by atoms with Gasteiger partial charge in [-0.15, -0.1) is 0 Å². The van der Waals surface area contributed by atoms with E-state index in [2.05, 4.69) is 0 Å². The second-order valence-corrected chi connectivity index (χ2v) is 5.78. The van der Waals surface area contributed by atoms with E-state index in [0.29, 0.717) is 25.3 Å². The number of rotatable bonds is 2. The van der Waals surface area contributed by atoms with Gasteiger partial charge in [-0.1, -0.05) is 18.2 Å². The number of aromatic nitrogens is 1. The average molecular weight is 310 g/mol. The Balaban J connectivity index is 1.72. The molecule has 1 aliphatic rings. The van der Waals surface area contributed by atoms with E-state index < -0.39 is 0 Å². The molecule has 118 valence electrons. The first-order valence-electron chi connectivity index (χ1n) is 7.72. The normalized spacial score (nSPS) is 18.5. The highest BCUT2D eigenvalue weighted by Gasteiger charge is 2.32. The Hall–Kier alpha value is -2.53. The summed E-state index contributed by atoms with van der Waals surface area (Å²) in [5, 5.41) is 0.856. The van der Waals surface area contributed by atoms with Crippen molar-refractivity contribution in [1.82, 2.24) is 9.47 Å². The first-order chi connectivity index (χ1) is 11.3. The van der Waals surface area contributed by atoms with Crippen molar-refractivity contribution >= 4 is 16.9 Å². The quantitative estimate of drug-likeness (QED) is 0.731. The molecule has 1 aromatic carbocycles. The van der Waals surface area contributed by atoms with E-state index >= 15 is 0 Å². The zero-order chi connectivity index (χ0) is 15.8. The molecule has 0 aliphatic carbocycles. The molecule has 23 heavy (non-hydrogen) atoms. The number of amides is 1. The van der Waals surface area contributed by atoms with Crippen molar-refractivity contribution in [1.29, 1.82) is 0 Å². The number of fused-ring (bicyclic) bond motifs is 1. The molecule has 0 bridgehead atoms. The maximum Gasteiger partial charge on any atom is 0.258 e. The number of morpholine rings is 1. The number of benzene rings is 1. The van der Waals surface area contributed by atoms with Gasteiger partial charge in [0.2, 0.25) is 0 Å². The highest BCUT2D eigenvalue weighted by molar-refractivity contribution is 6.06. The molecule has 5 nitrogen and oxygen atoms in total. The number of carbonyl (C=O) groups is 1. The largest absolute Gasteiger partial charge is 0.463 e. The Bertz CT molecular complexity index is 849. The van der Waals surface area contributed by atoms with E-state index in [1.165, 1.54) is 0 Å². The smallest absolute Gasteiger partial charge is 0.258 e. The van der Waals surface area contributed by atoms with Gasteiger partial charge >= 0.3 is 0 Å². The van der Waals surface area contributed by atoms with Gasteiger partial charge in [-0.3, -0.25) is 4.79 Å². The van der Waals surface area contributed by atoms with Crippen LogP contribution in [-0.4, -0.2) is 35.1 Å². The van der Waals surface area contributed by atoms with E-state index in [1.54, 1.807) is 6.26 Å². The lowest BCUT2D eigenvalue weighted by Crippen LogP contribution is -2.44. The molecule has 0 saturated carbocycles. The Kier molecular flexibility index (Phi) is 3.42. The first-order valence-corrected chi connectivity index (χ1v) is 7.72. The average Bonchev–Trinajstić information content (AvgIpc) is 3.20. The minimum Gasteiger partial charge on any atom is -0.463 e. The number of hydrogen-bond donors (Lipinski definition) is 0. The van der Waals surface area contributed by atoms with Gasteiger partial charge in [0.05, 0.1) is 24.8 Å². The predicted molar refractivity (Wildman–Crippen MR) is 86.2 cm³/mol. The lowest BCUT2D eigenvalue weighted by atomic mass is 10.1. The second-order valence-electron chi connectivity index (χ2n) is 5.78. The summed E-state index contributed by atoms with van der Waals surface area (Å²) in [5.41, 5.74) is 2.42. The van der Waals surface area contributed by atoms with Gasteiger partial charge in [-0.2, -0.15) is 0 Å². The summed E-state index contributed by atoms with van der Waals surface area (Å²) in [7, 11) is 1.99. The number of hydrogen-bond acceptors (Lipinski definition) is 3. The molecule has 0 unspecified atom stereocenters. The lowest BCUT2D eigenvalue weighted by molar-refractivity contribution is -0.00457. The fraction of sp³-hybridized carbons (Fsp3) is 0.278. The Morgan fingerprint density at radius 3 is 2.91 bits per heavy atom. The molecule has 1 aliphatic heterocycles. The summed E-state index contributed by atoms with van der Waals surface area (Å²) < 4.78 is 13.2. The second kappa shape index (κ2) is 5.59. The van der Waals surface area contributed by atoms with Crippen molar-refractivity contribution in [2.45, 2.75) is 6.04 Å².